The molecule has 2 amide bonds. The quantitative estimate of drug-likeness (QED) is 0.225. The number of H-pyrrole nitrogens is 1. The lowest BCUT2D eigenvalue weighted by Crippen LogP contribution is -2.22. The van der Waals surface area contributed by atoms with Gasteiger partial charge in [-0.05, 0) is 43.7 Å². The fourth-order valence-corrected chi connectivity index (χ4v) is 3.12. The number of nitrogens with one attached hydrogen (secondary N) is 4. The molecule has 0 saturated carbocycles. The highest BCUT2D eigenvalue weighted by molar-refractivity contribution is 5.95. The summed E-state index contributed by atoms with van der Waals surface area (Å²) in [5, 5.41) is 16.0. The van der Waals surface area contributed by atoms with Gasteiger partial charge in [-0.2, -0.15) is 0 Å². The number of nitrogens with zero attached hydrogens (tertiary/aromatic N) is 2. The van der Waals surface area contributed by atoms with Gasteiger partial charge in [0.15, 0.2) is 0 Å². The van der Waals surface area contributed by atoms with E-state index >= 15 is 0 Å². The van der Waals surface area contributed by atoms with Crippen molar-refractivity contribution in [3.8, 4) is 0 Å². The first-order valence-electron chi connectivity index (χ1n) is 9.39. The third-order valence-electron chi connectivity index (χ3n) is 4.60. The van der Waals surface area contributed by atoms with Crippen molar-refractivity contribution in [2.45, 2.75) is 33.2 Å². The van der Waals surface area contributed by atoms with Crippen LogP contribution in [0.4, 0.5) is 5.69 Å². The van der Waals surface area contributed by atoms with E-state index in [4.69, 9.17) is 5.21 Å². The number of rotatable bonds is 8. The summed E-state index contributed by atoms with van der Waals surface area (Å²) in [6.45, 7) is 4.99. The summed E-state index contributed by atoms with van der Waals surface area (Å²) in [6.07, 6.45) is 4.08. The first-order valence-corrected chi connectivity index (χ1v) is 9.39. The molecule has 9 nitrogen and oxygen atoms in total. The number of hydrogen-bond donors (Lipinski definition) is 5. The molecule has 0 aliphatic rings. The van der Waals surface area contributed by atoms with E-state index in [9.17, 15) is 9.59 Å². The van der Waals surface area contributed by atoms with Crippen LogP contribution in [0, 0.1) is 6.92 Å². The molecule has 2 heterocycles. The number of hydroxylamine groups is 1. The van der Waals surface area contributed by atoms with Crippen molar-refractivity contribution in [2.75, 3.05) is 11.9 Å². The van der Waals surface area contributed by atoms with Crippen LogP contribution in [0.3, 0.4) is 0 Å². The molecular weight excluding hydrogens is 372 g/mol. The van der Waals surface area contributed by atoms with Crippen molar-refractivity contribution in [2.24, 2.45) is 0 Å². The lowest BCUT2D eigenvalue weighted by atomic mass is 10.1. The number of aromatic nitrogens is 3. The number of aromatic amines is 1. The van der Waals surface area contributed by atoms with Gasteiger partial charge in [0.2, 0.25) is 5.91 Å². The highest BCUT2D eigenvalue weighted by Crippen LogP contribution is 2.25. The molecule has 0 aliphatic heterocycles. The number of aryl methyl sites for hydroxylation is 1. The monoisotopic (exact) mass is 396 g/mol. The van der Waals surface area contributed by atoms with Gasteiger partial charge in [0, 0.05) is 41.4 Å². The summed E-state index contributed by atoms with van der Waals surface area (Å²) >= 11 is 0. The van der Waals surface area contributed by atoms with E-state index in [1.54, 1.807) is 11.7 Å². The van der Waals surface area contributed by atoms with Crippen molar-refractivity contribution in [3.63, 3.8) is 0 Å². The zero-order valence-electron chi connectivity index (χ0n) is 16.4. The van der Waals surface area contributed by atoms with Gasteiger partial charge in [0.25, 0.3) is 5.91 Å². The van der Waals surface area contributed by atoms with Crippen LogP contribution < -0.4 is 16.1 Å². The van der Waals surface area contributed by atoms with Gasteiger partial charge in [-0.1, -0.05) is 6.92 Å². The van der Waals surface area contributed by atoms with Gasteiger partial charge in [-0.3, -0.25) is 19.8 Å². The molecule has 9 heteroatoms. The first-order chi connectivity index (χ1) is 14.0. The molecule has 1 aromatic carbocycles. The maximum absolute atomic E-state index is 11.7. The summed E-state index contributed by atoms with van der Waals surface area (Å²) in [5.41, 5.74) is 6.28. The molecule has 152 valence electrons. The molecule has 0 unspecified atom stereocenters. The highest BCUT2D eigenvalue weighted by Gasteiger charge is 2.11. The molecule has 0 spiro atoms. The van der Waals surface area contributed by atoms with Gasteiger partial charge in [-0.15, -0.1) is 0 Å². The second-order valence-corrected chi connectivity index (χ2v) is 6.65. The lowest BCUT2D eigenvalue weighted by Gasteiger charge is -2.07. The van der Waals surface area contributed by atoms with E-state index in [1.165, 1.54) is 11.8 Å². The minimum absolute atomic E-state index is 0.0157. The summed E-state index contributed by atoms with van der Waals surface area (Å²) in [5.74, 6) is -0.710. The molecule has 0 saturated heterocycles. The van der Waals surface area contributed by atoms with Gasteiger partial charge in [-0.25, -0.2) is 10.5 Å². The topological polar surface area (TPSA) is 132 Å². The zero-order chi connectivity index (χ0) is 20.8. The standard InChI is InChI=1S/C20H24N6O3/c1-3-19(27)25-13-4-5-17-16(8-13)15(12(2)23-17)6-7-21-9-14-10-22-11-18(24-14)20(28)26-29/h4-5,8,10-11,21,23,29H,3,6-7,9H2,1-2H3,(H,25,27)(H,26,28). The maximum atomic E-state index is 11.7. The van der Waals surface area contributed by atoms with Gasteiger partial charge in [0.05, 0.1) is 11.9 Å². The van der Waals surface area contributed by atoms with Gasteiger partial charge in [0.1, 0.15) is 5.69 Å². The number of fused-ring (bicyclic) bond motifs is 1. The Hall–Kier alpha value is -3.30. The molecule has 0 radical (unpaired) electrons. The molecule has 29 heavy (non-hydrogen) atoms. The molecule has 3 aromatic rings. The zero-order valence-corrected chi connectivity index (χ0v) is 16.4. The predicted molar refractivity (Wildman–Crippen MR) is 109 cm³/mol. The Morgan fingerprint density at radius 1 is 1.24 bits per heavy atom. The molecular formula is C20H24N6O3. The number of amides is 2. The Kier molecular flexibility index (Phi) is 6.53. The first kappa shape index (κ1) is 20.4. The van der Waals surface area contributed by atoms with Crippen LogP contribution >= 0.6 is 0 Å². The van der Waals surface area contributed by atoms with Gasteiger partial charge < -0.3 is 15.6 Å². The summed E-state index contributed by atoms with van der Waals surface area (Å²) in [7, 11) is 0. The smallest absolute Gasteiger partial charge is 0.294 e. The van der Waals surface area contributed by atoms with Crippen LogP contribution in [-0.4, -0.2) is 38.5 Å². The Bertz CT molecular complexity index is 1030. The van der Waals surface area contributed by atoms with Crippen molar-refractivity contribution >= 4 is 28.4 Å². The highest BCUT2D eigenvalue weighted by atomic mass is 16.5. The van der Waals surface area contributed by atoms with Crippen molar-refractivity contribution in [1.82, 2.24) is 25.7 Å². The summed E-state index contributed by atoms with van der Waals surface area (Å²) < 4.78 is 0. The van der Waals surface area contributed by atoms with Crippen LogP contribution in [0.5, 0.6) is 0 Å². The van der Waals surface area contributed by atoms with E-state index in [0.29, 0.717) is 25.2 Å². The van der Waals surface area contributed by atoms with Crippen molar-refractivity contribution in [3.05, 3.63) is 53.2 Å². The maximum Gasteiger partial charge on any atom is 0.294 e. The van der Waals surface area contributed by atoms with E-state index in [2.05, 4.69) is 25.6 Å². The van der Waals surface area contributed by atoms with Crippen molar-refractivity contribution < 1.29 is 14.8 Å². The summed E-state index contributed by atoms with van der Waals surface area (Å²) in [6, 6.07) is 5.85. The number of carbonyl (C=O) groups is 2. The average molecular weight is 396 g/mol. The predicted octanol–water partition coefficient (Wildman–Crippen LogP) is 2.07. The third-order valence-corrected chi connectivity index (χ3v) is 4.60. The van der Waals surface area contributed by atoms with Crippen molar-refractivity contribution in [1.29, 1.82) is 0 Å². The molecule has 3 rings (SSSR count). The molecule has 0 fully saturated rings. The Morgan fingerprint density at radius 3 is 2.83 bits per heavy atom. The van der Waals surface area contributed by atoms with Crippen LogP contribution in [0.25, 0.3) is 10.9 Å². The second-order valence-electron chi connectivity index (χ2n) is 6.65. The number of hydrogen-bond acceptors (Lipinski definition) is 6. The fourth-order valence-electron chi connectivity index (χ4n) is 3.12. The Morgan fingerprint density at radius 2 is 2.07 bits per heavy atom. The fraction of sp³-hybridized carbons (Fsp3) is 0.300. The van der Waals surface area contributed by atoms with Crippen LogP contribution in [0.2, 0.25) is 0 Å². The number of benzene rings is 1. The Labute approximate surface area is 167 Å². The lowest BCUT2D eigenvalue weighted by molar-refractivity contribution is -0.115. The second kappa shape index (κ2) is 9.26. The third kappa shape index (κ3) is 4.95. The number of anilines is 1. The largest absolute Gasteiger partial charge is 0.358 e. The molecule has 0 aliphatic carbocycles. The SMILES string of the molecule is CCC(=O)Nc1ccc2[nH]c(C)c(CCNCc3cncc(C(=O)NO)n3)c2c1. The van der Waals surface area contributed by atoms with Crippen LogP contribution in [-0.2, 0) is 17.8 Å². The minimum atomic E-state index is -0.695. The van der Waals surface area contributed by atoms with E-state index < -0.39 is 5.91 Å². The Balaban J connectivity index is 1.64. The van der Waals surface area contributed by atoms with E-state index in [1.807, 2.05) is 32.0 Å². The van der Waals surface area contributed by atoms with Crippen LogP contribution in [0.15, 0.2) is 30.6 Å². The van der Waals surface area contributed by atoms with E-state index in [0.717, 1.165) is 28.7 Å². The molecule has 2 aromatic heterocycles. The summed E-state index contributed by atoms with van der Waals surface area (Å²) in [4.78, 5) is 34.6. The minimum Gasteiger partial charge on any atom is -0.358 e. The van der Waals surface area contributed by atoms with E-state index in [-0.39, 0.29) is 11.6 Å². The van der Waals surface area contributed by atoms with Crippen LogP contribution in [0.1, 0.15) is 40.8 Å². The normalized spacial score (nSPS) is 10.9. The average Bonchev–Trinajstić information content (AvgIpc) is 3.05. The molecule has 0 atom stereocenters. The molecule has 5 N–H and O–H groups in total. The molecule has 0 bridgehead atoms. The van der Waals surface area contributed by atoms with Gasteiger partial charge >= 0.3 is 0 Å². The number of carbonyl (C=O) groups excluding carboxylic acids is 2.